The number of piperazine rings is 1. The summed E-state index contributed by atoms with van der Waals surface area (Å²) in [6, 6.07) is 0.857. The van der Waals surface area contributed by atoms with Crippen LogP contribution in [0.25, 0.3) is 0 Å². The lowest BCUT2D eigenvalue weighted by atomic mass is 9.82. The van der Waals surface area contributed by atoms with Gasteiger partial charge in [-0.05, 0) is 65.4 Å². The van der Waals surface area contributed by atoms with E-state index in [1.165, 1.54) is 6.08 Å². The summed E-state index contributed by atoms with van der Waals surface area (Å²) in [7, 11) is 1.56. The second-order valence-corrected chi connectivity index (χ2v) is 18.0. The Morgan fingerprint density at radius 1 is 0.855 bits per heavy atom. The molecular formula is C54H86ClN3O11. The minimum absolute atomic E-state index is 0. The molecule has 15 heteroatoms. The lowest BCUT2D eigenvalue weighted by molar-refractivity contribution is -0.147. The molecule has 2 heterocycles. The predicted octanol–water partition coefficient (Wildman–Crippen LogP) is 9.28. The van der Waals surface area contributed by atoms with Crippen LogP contribution in [-0.2, 0) is 43.0 Å². The first-order valence-corrected chi connectivity index (χ1v) is 24.0. The van der Waals surface area contributed by atoms with Gasteiger partial charge in [0.05, 0.1) is 36.4 Å². The number of carbonyl (C=O) groups is 6. The van der Waals surface area contributed by atoms with Gasteiger partial charge < -0.3 is 24.8 Å². The maximum atomic E-state index is 11.3. The summed E-state index contributed by atoms with van der Waals surface area (Å²) in [5.74, 6) is 2.55. The molecule has 2 fully saturated rings. The van der Waals surface area contributed by atoms with Crippen molar-refractivity contribution in [3.63, 3.8) is 0 Å². The summed E-state index contributed by atoms with van der Waals surface area (Å²) in [6.45, 7) is 45.6. The first kappa shape index (κ1) is 68.1. The normalized spacial score (nSPS) is 15.9. The average molecular weight is 989 g/mol. The number of cyclic esters (lactones) is 1. The topological polar surface area (TPSA) is 192 Å². The summed E-state index contributed by atoms with van der Waals surface area (Å²) in [4.78, 5) is 88.4. The number of hydrogen-bond donors (Lipinski definition) is 2. The molecule has 0 radical (unpaired) electrons. The zero-order valence-corrected chi connectivity index (χ0v) is 44.5. The number of alkyl halides is 1. The van der Waals surface area contributed by atoms with E-state index in [9.17, 15) is 38.4 Å². The summed E-state index contributed by atoms with van der Waals surface area (Å²) >= 11 is 5.10. The fraction of sp³-hybridized carbons (Fsp3) is 0.593. The minimum Gasteiger partial charge on any atom is -0.496 e. The number of nitrogens with one attached hydrogen (secondary N) is 2. The van der Waals surface area contributed by atoms with Gasteiger partial charge in [-0.2, -0.15) is 0 Å². The maximum Gasteiger partial charge on any atom is 0.306 e. The molecule has 1 aromatic carbocycles. The van der Waals surface area contributed by atoms with Crippen LogP contribution in [-0.4, -0.2) is 97.2 Å². The molecule has 390 valence electrons. The highest BCUT2D eigenvalue weighted by molar-refractivity contribution is 6.27. The molecule has 0 bridgehead atoms. The van der Waals surface area contributed by atoms with E-state index in [-0.39, 0.29) is 76.9 Å². The zero-order valence-electron chi connectivity index (χ0n) is 43.8. The SMILES string of the molecule is C.C=C1C(=O)C(C(C)C)=C1OC.C=C1C(=O)C(C(C)C)=C1OCC.C=C1CN(C(C)C)CCN1.C=CC(=O)CC.CC(C)CC(=O)C1CCC(=O)O1.CCC(=O)CCl.Cc1c(NC(C)C)c(=O)c1=O. The van der Waals surface area contributed by atoms with Crippen molar-refractivity contribution in [3.05, 3.63) is 97.9 Å². The van der Waals surface area contributed by atoms with Gasteiger partial charge in [-0.25, -0.2) is 0 Å². The van der Waals surface area contributed by atoms with Crippen molar-refractivity contribution in [3.8, 4) is 0 Å². The van der Waals surface area contributed by atoms with Crippen molar-refractivity contribution in [2.24, 2.45) is 17.8 Å². The van der Waals surface area contributed by atoms with Crippen LogP contribution >= 0.6 is 11.6 Å². The Balaban J connectivity index is -0.000000745. The number of methoxy groups -OCH3 is 1. The highest BCUT2D eigenvalue weighted by Crippen LogP contribution is 2.35. The quantitative estimate of drug-likeness (QED) is 0.0731. The van der Waals surface area contributed by atoms with Crippen molar-refractivity contribution in [2.75, 3.05) is 44.5 Å². The largest absolute Gasteiger partial charge is 0.496 e. The average Bonchev–Trinajstić information content (AvgIpc) is 3.75. The van der Waals surface area contributed by atoms with Gasteiger partial charge >= 0.3 is 5.97 Å². The highest BCUT2D eigenvalue weighted by Gasteiger charge is 2.35. The number of nitrogens with zero attached hydrogens (tertiary/aromatic N) is 1. The molecule has 2 N–H and O–H groups in total. The molecule has 4 aliphatic rings. The third-order valence-corrected chi connectivity index (χ3v) is 10.5. The van der Waals surface area contributed by atoms with Crippen molar-refractivity contribution in [2.45, 2.75) is 155 Å². The minimum atomic E-state index is -0.445. The Bertz CT molecular complexity index is 2060. The molecule has 2 saturated heterocycles. The molecular weight excluding hydrogens is 902 g/mol. The van der Waals surface area contributed by atoms with Gasteiger partial charge in [-0.3, -0.25) is 43.3 Å². The molecule has 0 spiro atoms. The van der Waals surface area contributed by atoms with Crippen LogP contribution in [0.5, 0.6) is 0 Å². The first-order chi connectivity index (χ1) is 31.6. The Morgan fingerprint density at radius 3 is 1.67 bits per heavy atom. The zero-order chi connectivity index (χ0) is 53.2. The molecule has 14 nitrogen and oxygen atoms in total. The van der Waals surface area contributed by atoms with E-state index in [4.69, 9.17) is 25.8 Å². The fourth-order valence-electron chi connectivity index (χ4n) is 6.22. The second kappa shape index (κ2) is 35.0. The molecule has 0 saturated carbocycles. The van der Waals surface area contributed by atoms with Gasteiger partial charge in [0.25, 0.3) is 0 Å². The predicted molar refractivity (Wildman–Crippen MR) is 281 cm³/mol. The maximum absolute atomic E-state index is 11.3. The summed E-state index contributed by atoms with van der Waals surface area (Å²) in [5.41, 5.74) is 4.08. The number of ether oxygens (including phenoxy) is 3. The van der Waals surface area contributed by atoms with Crippen molar-refractivity contribution >= 4 is 52.2 Å². The van der Waals surface area contributed by atoms with Gasteiger partial charge in [-0.1, -0.05) is 89.1 Å². The van der Waals surface area contributed by atoms with Crippen LogP contribution in [0.15, 0.2) is 81.5 Å². The Labute approximate surface area is 418 Å². The Morgan fingerprint density at radius 2 is 1.38 bits per heavy atom. The number of anilines is 1. The van der Waals surface area contributed by atoms with Crippen LogP contribution in [0.1, 0.15) is 135 Å². The van der Waals surface area contributed by atoms with Crippen LogP contribution in [0.3, 0.4) is 0 Å². The van der Waals surface area contributed by atoms with Crippen LogP contribution < -0.4 is 21.5 Å². The molecule has 1 atom stereocenters. The number of hydrogen-bond acceptors (Lipinski definition) is 14. The van der Waals surface area contributed by atoms with Gasteiger partial charge in [0.15, 0.2) is 29.2 Å². The van der Waals surface area contributed by atoms with Gasteiger partial charge in [0.1, 0.15) is 17.3 Å². The van der Waals surface area contributed by atoms with Crippen molar-refractivity contribution in [1.82, 2.24) is 10.2 Å². The van der Waals surface area contributed by atoms with E-state index in [0.29, 0.717) is 78.8 Å². The monoisotopic (exact) mass is 988 g/mol. The first-order valence-electron chi connectivity index (χ1n) is 23.4. The number of Topliss-reactive ketones (excluding diaryl/α,β-unsaturated/α-hetero) is 4. The standard InChI is InChI=1S/C10H14O2.C9H14O3.C9H12O2.C8H16N2.C8H11NO2.C5H8O.C4H7ClO.CH4/c1-5-12-10-7(4)9(11)8(10)6(2)3;1-6(2)5-7(10)8-3-4-9(11)12-8;1-5(2)7-8(10)6(3)9(7)11-4;1-7(2)10-5-4-9-8(3)6-10;1-4(2)9-6-5(3)7(10)8(6)11;1-3-5(6)4-2;1-2-4(6)3-5;/h6H,4-5H2,1-3H3;6,8H,3-5H2,1-2H3;5H,3H2,1-2,4H3;7,9H,3-6H2,1-2H3;4,9H,1-3H3;3H,1,4H2,2H3;2-3H2,1H3;1H4. The Kier molecular flexibility index (Phi) is 34.5. The van der Waals surface area contributed by atoms with Crippen molar-refractivity contribution < 1.29 is 43.0 Å². The number of rotatable bonds is 15. The van der Waals surface area contributed by atoms with E-state index in [1.54, 1.807) is 21.0 Å². The third-order valence-electron chi connectivity index (χ3n) is 10.2. The Hall–Kier alpha value is -5.21. The van der Waals surface area contributed by atoms with Crippen LogP contribution in [0.4, 0.5) is 5.69 Å². The fourth-order valence-corrected chi connectivity index (χ4v) is 6.41. The molecule has 5 rings (SSSR count). The summed E-state index contributed by atoms with van der Waals surface area (Å²) < 4.78 is 15.1. The molecule has 2 aliphatic heterocycles. The van der Waals surface area contributed by atoms with Crippen LogP contribution in [0, 0.1) is 24.7 Å². The number of ketones is 5. The number of carbonyl (C=O) groups excluding carboxylic acids is 6. The van der Waals surface area contributed by atoms with E-state index >= 15 is 0 Å². The lowest BCUT2D eigenvalue weighted by Crippen LogP contribution is -2.44. The molecule has 1 unspecified atom stereocenters. The molecule has 1 aromatic rings. The second-order valence-electron chi connectivity index (χ2n) is 17.7. The number of esters is 1. The van der Waals surface area contributed by atoms with Gasteiger partial charge in [-0.15, -0.1) is 11.6 Å². The highest BCUT2D eigenvalue weighted by atomic mass is 35.5. The van der Waals surface area contributed by atoms with Gasteiger partial charge in [0, 0.05) is 86.2 Å². The molecule has 69 heavy (non-hydrogen) atoms. The van der Waals surface area contributed by atoms with E-state index in [2.05, 4.69) is 55.7 Å². The summed E-state index contributed by atoms with van der Waals surface area (Å²) in [5, 5.41) is 6.15. The van der Waals surface area contributed by atoms with E-state index in [1.807, 2.05) is 69.2 Å². The van der Waals surface area contributed by atoms with Crippen LogP contribution in [0.2, 0.25) is 0 Å². The van der Waals surface area contributed by atoms with Gasteiger partial charge in [0.2, 0.25) is 10.9 Å². The summed E-state index contributed by atoms with van der Waals surface area (Å²) in [6.07, 6.45) is 3.50. The molecule has 0 amide bonds. The number of halogens is 1. The van der Waals surface area contributed by atoms with E-state index < -0.39 is 6.10 Å². The number of allylic oxidation sites excluding steroid dienone is 5. The molecule has 0 aromatic heterocycles. The third kappa shape index (κ3) is 23.8. The van der Waals surface area contributed by atoms with E-state index in [0.717, 1.165) is 42.2 Å². The smallest absolute Gasteiger partial charge is 0.306 e. The lowest BCUT2D eigenvalue weighted by Gasteiger charge is -2.32. The molecule has 2 aliphatic carbocycles. The van der Waals surface area contributed by atoms with Crippen molar-refractivity contribution in [1.29, 1.82) is 0 Å².